The third-order valence-corrected chi connectivity index (χ3v) is 5.83. The van der Waals surface area contributed by atoms with Gasteiger partial charge in [-0.25, -0.2) is 4.98 Å². The van der Waals surface area contributed by atoms with Crippen molar-refractivity contribution < 1.29 is 4.79 Å². The Balaban J connectivity index is 1.74. The van der Waals surface area contributed by atoms with Crippen molar-refractivity contribution in [1.29, 1.82) is 0 Å². The van der Waals surface area contributed by atoms with Crippen LogP contribution in [-0.4, -0.2) is 10.9 Å². The summed E-state index contributed by atoms with van der Waals surface area (Å²) in [5, 5.41) is 4.94. The summed E-state index contributed by atoms with van der Waals surface area (Å²) in [7, 11) is 0. The predicted molar refractivity (Wildman–Crippen MR) is 124 cm³/mol. The van der Waals surface area contributed by atoms with Gasteiger partial charge in [-0.2, -0.15) is 0 Å². The Morgan fingerprint density at radius 2 is 1.67 bits per heavy atom. The molecular formula is C25H20Cl2N2O. The maximum absolute atomic E-state index is 13.3. The zero-order valence-electron chi connectivity index (χ0n) is 16.4. The van der Waals surface area contributed by atoms with E-state index < -0.39 is 0 Å². The van der Waals surface area contributed by atoms with Crippen LogP contribution in [0, 0.1) is 0 Å². The molecule has 1 N–H and O–H groups in total. The van der Waals surface area contributed by atoms with E-state index >= 15 is 0 Å². The fraction of sp³-hybridized carbons (Fsp3) is 0.120. The van der Waals surface area contributed by atoms with Crippen LogP contribution in [0.25, 0.3) is 22.2 Å². The van der Waals surface area contributed by atoms with Crippen molar-refractivity contribution in [3.05, 3.63) is 100 Å². The van der Waals surface area contributed by atoms with Gasteiger partial charge in [0.1, 0.15) is 0 Å². The number of carbonyl (C=O) groups is 1. The van der Waals surface area contributed by atoms with Gasteiger partial charge >= 0.3 is 0 Å². The molecule has 0 fully saturated rings. The highest BCUT2D eigenvalue weighted by Gasteiger charge is 2.18. The lowest BCUT2D eigenvalue weighted by Gasteiger charge is -2.19. The molecule has 1 atom stereocenters. The Labute approximate surface area is 185 Å². The zero-order valence-corrected chi connectivity index (χ0v) is 17.9. The van der Waals surface area contributed by atoms with Crippen LogP contribution in [0.5, 0.6) is 0 Å². The highest BCUT2D eigenvalue weighted by atomic mass is 35.5. The number of fused-ring (bicyclic) bond motifs is 1. The number of carbonyl (C=O) groups excluding carboxylic acids is 1. The van der Waals surface area contributed by atoms with Crippen molar-refractivity contribution in [2.75, 3.05) is 0 Å². The van der Waals surface area contributed by atoms with Gasteiger partial charge in [-0.05, 0) is 36.2 Å². The summed E-state index contributed by atoms with van der Waals surface area (Å²) in [6.07, 6.45) is 0.720. The molecule has 5 heteroatoms. The van der Waals surface area contributed by atoms with Crippen LogP contribution < -0.4 is 5.32 Å². The lowest BCUT2D eigenvalue weighted by molar-refractivity contribution is 0.0937. The van der Waals surface area contributed by atoms with Gasteiger partial charge in [0.05, 0.1) is 32.9 Å². The van der Waals surface area contributed by atoms with Gasteiger partial charge in [-0.15, -0.1) is 0 Å². The molecule has 0 saturated carbocycles. The average Bonchev–Trinajstić information content (AvgIpc) is 2.79. The van der Waals surface area contributed by atoms with Crippen molar-refractivity contribution in [2.24, 2.45) is 0 Å². The van der Waals surface area contributed by atoms with Crippen LogP contribution in [0.15, 0.2) is 78.9 Å². The molecule has 3 nitrogen and oxygen atoms in total. The summed E-state index contributed by atoms with van der Waals surface area (Å²) in [4.78, 5) is 18.1. The lowest BCUT2D eigenvalue weighted by atomic mass is 10.0. The Hall–Kier alpha value is -2.88. The minimum absolute atomic E-state index is 0.149. The van der Waals surface area contributed by atoms with E-state index in [1.165, 1.54) is 0 Å². The molecule has 0 unspecified atom stereocenters. The van der Waals surface area contributed by atoms with Crippen molar-refractivity contribution in [3.63, 3.8) is 0 Å². The highest BCUT2D eigenvalue weighted by Crippen LogP contribution is 2.29. The van der Waals surface area contributed by atoms with Gasteiger partial charge in [0.25, 0.3) is 5.91 Å². The second kappa shape index (κ2) is 8.86. The topological polar surface area (TPSA) is 42.0 Å². The molecule has 1 amide bonds. The van der Waals surface area contributed by atoms with Crippen molar-refractivity contribution in [3.8, 4) is 11.3 Å². The van der Waals surface area contributed by atoms with Crippen LogP contribution in [0.3, 0.4) is 0 Å². The molecule has 0 radical (unpaired) electrons. The number of benzene rings is 3. The smallest absolute Gasteiger partial charge is 0.252 e. The van der Waals surface area contributed by atoms with Crippen LogP contribution >= 0.6 is 23.2 Å². The van der Waals surface area contributed by atoms with E-state index in [4.69, 9.17) is 28.2 Å². The first kappa shape index (κ1) is 20.4. The Morgan fingerprint density at radius 1 is 0.933 bits per heavy atom. The van der Waals surface area contributed by atoms with Gasteiger partial charge in [-0.3, -0.25) is 4.79 Å². The number of nitrogens with zero attached hydrogens (tertiary/aromatic N) is 1. The van der Waals surface area contributed by atoms with Crippen molar-refractivity contribution in [2.45, 2.75) is 19.4 Å². The second-order valence-corrected chi connectivity index (χ2v) is 7.86. The van der Waals surface area contributed by atoms with E-state index in [0.717, 1.165) is 34.1 Å². The first-order valence-electron chi connectivity index (χ1n) is 9.78. The number of amides is 1. The molecule has 30 heavy (non-hydrogen) atoms. The normalized spacial score (nSPS) is 12.0. The largest absolute Gasteiger partial charge is 0.345 e. The maximum atomic E-state index is 13.3. The van der Waals surface area contributed by atoms with E-state index in [-0.39, 0.29) is 11.9 Å². The molecule has 0 aliphatic rings. The van der Waals surface area contributed by atoms with Gasteiger partial charge in [0.15, 0.2) is 0 Å². The maximum Gasteiger partial charge on any atom is 0.252 e. The number of nitrogens with one attached hydrogen (secondary N) is 1. The summed E-state index contributed by atoms with van der Waals surface area (Å²) in [5.41, 5.74) is 4.03. The van der Waals surface area contributed by atoms with Gasteiger partial charge < -0.3 is 5.32 Å². The standard InChI is InChI=1S/C25H20Cl2N2O/c1-2-22(17-12-13-20(26)21(27)14-17)29-25(30)19-15-24(16-8-4-3-5-9-16)28-23-11-7-6-10-18(19)23/h3-15,22H,2H2,1H3,(H,29,30)/t22-/m1/s1. The molecule has 3 aromatic carbocycles. The van der Waals surface area contributed by atoms with E-state index in [0.29, 0.717) is 15.6 Å². The monoisotopic (exact) mass is 434 g/mol. The van der Waals surface area contributed by atoms with Crippen molar-refractivity contribution in [1.82, 2.24) is 10.3 Å². The number of aromatic nitrogens is 1. The molecule has 150 valence electrons. The zero-order chi connectivity index (χ0) is 21.1. The predicted octanol–water partition coefficient (Wildman–Crippen LogP) is 7.09. The third kappa shape index (κ3) is 4.18. The SMILES string of the molecule is CC[C@@H](NC(=O)c1cc(-c2ccccc2)nc2ccccc12)c1ccc(Cl)c(Cl)c1. The molecule has 1 aromatic heterocycles. The molecule has 0 saturated heterocycles. The molecule has 4 rings (SSSR count). The molecule has 0 bridgehead atoms. The molecule has 4 aromatic rings. The number of pyridine rings is 1. The minimum Gasteiger partial charge on any atom is -0.345 e. The third-order valence-electron chi connectivity index (χ3n) is 5.09. The number of hydrogen-bond donors (Lipinski definition) is 1. The van der Waals surface area contributed by atoms with Gasteiger partial charge in [-0.1, -0.05) is 84.7 Å². The second-order valence-electron chi connectivity index (χ2n) is 7.05. The van der Waals surface area contributed by atoms with Gasteiger partial charge in [0, 0.05) is 10.9 Å². The number of para-hydroxylation sites is 1. The summed E-state index contributed by atoms with van der Waals surface area (Å²) in [5.74, 6) is -0.149. The first-order chi connectivity index (χ1) is 14.6. The van der Waals surface area contributed by atoms with Crippen LogP contribution in [0.2, 0.25) is 10.0 Å². The summed E-state index contributed by atoms with van der Waals surface area (Å²) in [6.45, 7) is 2.02. The number of hydrogen-bond acceptors (Lipinski definition) is 2. The lowest BCUT2D eigenvalue weighted by Crippen LogP contribution is -2.28. The Morgan fingerprint density at radius 3 is 2.40 bits per heavy atom. The number of rotatable bonds is 5. The van der Waals surface area contributed by atoms with Crippen LogP contribution in [0.1, 0.15) is 35.3 Å². The molecule has 0 aliphatic heterocycles. The van der Waals surface area contributed by atoms with E-state index in [9.17, 15) is 4.79 Å². The summed E-state index contributed by atoms with van der Waals surface area (Å²) < 4.78 is 0. The van der Waals surface area contributed by atoms with E-state index in [1.54, 1.807) is 12.1 Å². The quantitative estimate of drug-likeness (QED) is 0.364. The average molecular weight is 435 g/mol. The molecule has 0 aliphatic carbocycles. The summed E-state index contributed by atoms with van der Waals surface area (Å²) in [6, 6.07) is 24.7. The fourth-order valence-electron chi connectivity index (χ4n) is 3.51. The Kier molecular flexibility index (Phi) is 6.03. The fourth-order valence-corrected chi connectivity index (χ4v) is 3.81. The van der Waals surface area contributed by atoms with Crippen LogP contribution in [0.4, 0.5) is 0 Å². The number of halogens is 2. The summed E-state index contributed by atoms with van der Waals surface area (Å²) >= 11 is 12.2. The van der Waals surface area contributed by atoms with Crippen LogP contribution in [-0.2, 0) is 0 Å². The van der Waals surface area contributed by atoms with E-state index in [1.807, 2.05) is 73.7 Å². The Bertz CT molecular complexity index is 1210. The van der Waals surface area contributed by atoms with E-state index in [2.05, 4.69) is 5.32 Å². The molecular weight excluding hydrogens is 415 g/mol. The molecule has 1 heterocycles. The minimum atomic E-state index is -0.181. The van der Waals surface area contributed by atoms with Crippen molar-refractivity contribution >= 4 is 40.0 Å². The molecule has 0 spiro atoms. The van der Waals surface area contributed by atoms with Gasteiger partial charge in [0.2, 0.25) is 0 Å². The first-order valence-corrected chi connectivity index (χ1v) is 10.5. The highest BCUT2D eigenvalue weighted by molar-refractivity contribution is 6.42.